The molecule has 2 unspecified atom stereocenters. The molecule has 21 heavy (non-hydrogen) atoms. The van der Waals surface area contributed by atoms with Gasteiger partial charge in [-0.15, -0.1) is 0 Å². The molecule has 2 aromatic rings. The van der Waals surface area contributed by atoms with E-state index in [0.717, 1.165) is 11.1 Å². The number of carbonyl (C=O) groups excluding carboxylic acids is 1. The topological polar surface area (TPSA) is 29.5 Å². The summed E-state index contributed by atoms with van der Waals surface area (Å²) >= 11 is 0. The number of amides is 1. The van der Waals surface area contributed by atoms with Gasteiger partial charge in [0.1, 0.15) is 6.10 Å². The van der Waals surface area contributed by atoms with E-state index in [0.29, 0.717) is 13.2 Å². The number of hydrogen-bond acceptors (Lipinski definition) is 2. The molecule has 0 aromatic heterocycles. The second-order valence-corrected chi connectivity index (χ2v) is 5.41. The Hall–Kier alpha value is -2.13. The zero-order valence-corrected chi connectivity index (χ0v) is 12.1. The fourth-order valence-corrected chi connectivity index (χ4v) is 2.66. The molecule has 2 atom stereocenters. The lowest BCUT2D eigenvalue weighted by Crippen LogP contribution is -2.48. The third-order valence-corrected chi connectivity index (χ3v) is 3.89. The van der Waals surface area contributed by atoms with Crippen molar-refractivity contribution >= 4 is 5.91 Å². The highest BCUT2D eigenvalue weighted by atomic mass is 16.5. The Morgan fingerprint density at radius 3 is 2.33 bits per heavy atom. The maximum atomic E-state index is 12.7. The van der Waals surface area contributed by atoms with E-state index in [-0.39, 0.29) is 18.1 Å². The molecule has 1 aliphatic heterocycles. The average molecular weight is 281 g/mol. The van der Waals surface area contributed by atoms with Gasteiger partial charge in [0, 0.05) is 5.56 Å². The first kappa shape index (κ1) is 13.8. The first-order valence-corrected chi connectivity index (χ1v) is 7.28. The van der Waals surface area contributed by atoms with Crippen molar-refractivity contribution in [3.63, 3.8) is 0 Å². The number of rotatable bonds is 2. The zero-order valence-electron chi connectivity index (χ0n) is 12.1. The zero-order chi connectivity index (χ0) is 14.7. The Morgan fingerprint density at radius 2 is 1.67 bits per heavy atom. The van der Waals surface area contributed by atoms with Gasteiger partial charge < -0.3 is 9.64 Å². The van der Waals surface area contributed by atoms with E-state index >= 15 is 0 Å². The van der Waals surface area contributed by atoms with Crippen LogP contribution in [0.15, 0.2) is 60.7 Å². The van der Waals surface area contributed by atoms with Crippen LogP contribution in [-0.4, -0.2) is 30.0 Å². The lowest BCUT2D eigenvalue weighted by atomic mass is 10.0. The van der Waals surface area contributed by atoms with E-state index in [2.05, 4.69) is 0 Å². The summed E-state index contributed by atoms with van der Waals surface area (Å²) < 4.78 is 5.90. The fraction of sp³-hybridized carbons (Fsp3) is 0.278. The summed E-state index contributed by atoms with van der Waals surface area (Å²) in [4.78, 5) is 14.6. The predicted molar refractivity (Wildman–Crippen MR) is 82.1 cm³/mol. The molecule has 3 nitrogen and oxygen atoms in total. The first-order valence-electron chi connectivity index (χ1n) is 7.28. The summed E-state index contributed by atoms with van der Waals surface area (Å²) in [6, 6.07) is 19.6. The standard InChI is InChI=1S/C18H19NO2/c1-14-13-21-17(15-8-4-2-5-9-15)12-19(14)18(20)16-10-6-3-7-11-16/h2-11,14,17H,12-13H2,1H3. The van der Waals surface area contributed by atoms with Crippen LogP contribution in [-0.2, 0) is 4.74 Å². The Balaban J connectivity index is 1.79. The Bertz CT molecular complexity index is 597. The summed E-state index contributed by atoms with van der Waals surface area (Å²) in [7, 11) is 0. The van der Waals surface area contributed by atoms with Gasteiger partial charge in [-0.25, -0.2) is 0 Å². The van der Waals surface area contributed by atoms with Crippen molar-refractivity contribution in [2.45, 2.75) is 19.1 Å². The summed E-state index contributed by atoms with van der Waals surface area (Å²) in [6.45, 7) is 3.19. The Labute approximate surface area is 125 Å². The van der Waals surface area contributed by atoms with Crippen molar-refractivity contribution in [1.29, 1.82) is 0 Å². The number of morpholine rings is 1. The predicted octanol–water partition coefficient (Wildman–Crippen LogP) is 3.29. The quantitative estimate of drug-likeness (QED) is 0.845. The van der Waals surface area contributed by atoms with E-state index in [4.69, 9.17) is 4.74 Å². The highest BCUT2D eigenvalue weighted by molar-refractivity contribution is 5.94. The third kappa shape index (κ3) is 2.98. The maximum Gasteiger partial charge on any atom is 0.254 e. The molecule has 1 amide bonds. The van der Waals surface area contributed by atoms with Crippen LogP contribution in [0.3, 0.4) is 0 Å². The van der Waals surface area contributed by atoms with Crippen LogP contribution < -0.4 is 0 Å². The van der Waals surface area contributed by atoms with Crippen LogP contribution >= 0.6 is 0 Å². The number of nitrogens with zero attached hydrogens (tertiary/aromatic N) is 1. The molecule has 0 spiro atoms. The minimum Gasteiger partial charge on any atom is -0.370 e. The molecule has 0 aliphatic carbocycles. The second kappa shape index (κ2) is 6.10. The molecule has 108 valence electrons. The first-order chi connectivity index (χ1) is 10.3. The third-order valence-electron chi connectivity index (χ3n) is 3.89. The summed E-state index contributed by atoms with van der Waals surface area (Å²) in [5, 5.41) is 0. The van der Waals surface area contributed by atoms with Gasteiger partial charge in [-0.1, -0.05) is 48.5 Å². The summed E-state index contributed by atoms with van der Waals surface area (Å²) in [5.41, 5.74) is 1.85. The van der Waals surface area contributed by atoms with Gasteiger partial charge in [-0.05, 0) is 24.6 Å². The van der Waals surface area contributed by atoms with E-state index in [9.17, 15) is 4.79 Å². The number of benzene rings is 2. The average Bonchev–Trinajstić information content (AvgIpc) is 2.56. The fourth-order valence-electron chi connectivity index (χ4n) is 2.66. The van der Waals surface area contributed by atoms with Crippen LogP contribution in [0.2, 0.25) is 0 Å². The van der Waals surface area contributed by atoms with Crippen LogP contribution in [0, 0.1) is 0 Å². The molecule has 0 saturated carbocycles. The van der Waals surface area contributed by atoms with Crippen molar-refractivity contribution in [3.05, 3.63) is 71.8 Å². The van der Waals surface area contributed by atoms with Crippen LogP contribution in [0.4, 0.5) is 0 Å². The minimum atomic E-state index is -0.0462. The van der Waals surface area contributed by atoms with E-state index in [1.54, 1.807) is 0 Å². The van der Waals surface area contributed by atoms with Gasteiger partial charge >= 0.3 is 0 Å². The molecule has 3 rings (SSSR count). The van der Waals surface area contributed by atoms with Gasteiger partial charge in [0.05, 0.1) is 19.2 Å². The Kier molecular flexibility index (Phi) is 4.02. The van der Waals surface area contributed by atoms with Crippen molar-refractivity contribution in [2.75, 3.05) is 13.2 Å². The normalized spacial score (nSPS) is 22.0. The van der Waals surface area contributed by atoms with Gasteiger partial charge in [-0.3, -0.25) is 4.79 Å². The van der Waals surface area contributed by atoms with Crippen LogP contribution in [0.5, 0.6) is 0 Å². The second-order valence-electron chi connectivity index (χ2n) is 5.41. The molecule has 2 aromatic carbocycles. The minimum absolute atomic E-state index is 0.0462. The summed E-state index contributed by atoms with van der Waals surface area (Å²) in [5.74, 6) is 0.0762. The molecular weight excluding hydrogens is 262 g/mol. The molecule has 3 heteroatoms. The van der Waals surface area contributed by atoms with Crippen LogP contribution in [0.25, 0.3) is 0 Å². The van der Waals surface area contributed by atoms with Crippen LogP contribution in [0.1, 0.15) is 28.9 Å². The molecule has 0 bridgehead atoms. The molecule has 1 aliphatic rings. The smallest absolute Gasteiger partial charge is 0.254 e. The molecule has 1 heterocycles. The maximum absolute atomic E-state index is 12.7. The highest BCUT2D eigenvalue weighted by Crippen LogP contribution is 2.25. The Morgan fingerprint density at radius 1 is 1.05 bits per heavy atom. The van der Waals surface area contributed by atoms with Crippen molar-refractivity contribution in [3.8, 4) is 0 Å². The van der Waals surface area contributed by atoms with Gasteiger partial charge in [0.2, 0.25) is 0 Å². The van der Waals surface area contributed by atoms with Gasteiger partial charge in [-0.2, -0.15) is 0 Å². The molecule has 0 radical (unpaired) electrons. The van der Waals surface area contributed by atoms with Crippen molar-refractivity contribution in [1.82, 2.24) is 4.90 Å². The SMILES string of the molecule is CC1COC(c2ccccc2)CN1C(=O)c1ccccc1. The lowest BCUT2D eigenvalue weighted by molar-refractivity contribution is -0.0486. The molecule has 1 saturated heterocycles. The monoisotopic (exact) mass is 281 g/mol. The van der Waals surface area contributed by atoms with Gasteiger partial charge in [0.25, 0.3) is 5.91 Å². The van der Waals surface area contributed by atoms with E-state index < -0.39 is 0 Å². The number of hydrogen-bond donors (Lipinski definition) is 0. The largest absolute Gasteiger partial charge is 0.370 e. The molecule has 0 N–H and O–H groups in total. The van der Waals surface area contributed by atoms with Gasteiger partial charge in [0.15, 0.2) is 0 Å². The van der Waals surface area contributed by atoms with Crippen molar-refractivity contribution in [2.24, 2.45) is 0 Å². The van der Waals surface area contributed by atoms with E-state index in [1.165, 1.54) is 0 Å². The van der Waals surface area contributed by atoms with Crippen molar-refractivity contribution < 1.29 is 9.53 Å². The highest BCUT2D eigenvalue weighted by Gasteiger charge is 2.30. The molecule has 1 fully saturated rings. The lowest BCUT2D eigenvalue weighted by Gasteiger charge is -2.38. The summed E-state index contributed by atoms with van der Waals surface area (Å²) in [6.07, 6.45) is -0.0462. The van der Waals surface area contributed by atoms with E-state index in [1.807, 2.05) is 72.5 Å². The number of ether oxygens (including phenoxy) is 1. The molecular formula is C18H19NO2. The number of carbonyl (C=O) groups is 1.